The smallest absolute Gasteiger partial charge is 0.287 e. The van der Waals surface area contributed by atoms with E-state index in [-0.39, 0.29) is 28.2 Å². The first-order valence-corrected chi connectivity index (χ1v) is 8.86. The van der Waals surface area contributed by atoms with Gasteiger partial charge in [-0.05, 0) is 44.5 Å². The number of carbonyl (C=O) groups is 1. The third-order valence-corrected chi connectivity index (χ3v) is 5.13. The maximum absolute atomic E-state index is 13.9. The second-order valence-corrected chi connectivity index (χ2v) is 7.03. The number of hydrogen-bond donors (Lipinski definition) is 0. The molecule has 0 aliphatic heterocycles. The number of nitrogens with zero attached hydrogens (tertiary/aromatic N) is 3. The zero-order valence-electron chi connectivity index (χ0n) is 14.9. The van der Waals surface area contributed by atoms with E-state index in [4.69, 9.17) is 23.2 Å². The van der Waals surface area contributed by atoms with Crippen LogP contribution in [0.5, 0.6) is 0 Å². The van der Waals surface area contributed by atoms with E-state index >= 15 is 0 Å². The fourth-order valence-electron chi connectivity index (χ4n) is 2.94. The Hall–Kier alpha value is -2.44. The minimum Gasteiger partial charge on any atom is -0.318 e. The summed E-state index contributed by atoms with van der Waals surface area (Å²) in [5.41, 5.74) is 2.38. The maximum atomic E-state index is 13.9. The van der Waals surface area contributed by atoms with Gasteiger partial charge in [0.05, 0.1) is 11.2 Å². The van der Waals surface area contributed by atoms with Gasteiger partial charge in [0.15, 0.2) is 5.78 Å². The fraction of sp³-hybridized carbons (Fsp3) is 0.211. The summed E-state index contributed by atoms with van der Waals surface area (Å²) in [6, 6.07) is 6.61. The molecular weight excluding hydrogens is 392 g/mol. The lowest BCUT2D eigenvalue weighted by atomic mass is 10.1. The minimum absolute atomic E-state index is 0.0324. The van der Waals surface area contributed by atoms with Gasteiger partial charge in [-0.15, -0.1) is 0 Å². The van der Waals surface area contributed by atoms with Gasteiger partial charge in [-0.3, -0.25) is 9.59 Å². The summed E-state index contributed by atoms with van der Waals surface area (Å²) in [6.45, 7) is 5.00. The third-order valence-electron chi connectivity index (χ3n) is 4.38. The summed E-state index contributed by atoms with van der Waals surface area (Å²) < 4.78 is 16.7. The van der Waals surface area contributed by atoms with Gasteiger partial charge < -0.3 is 4.57 Å². The number of rotatable bonds is 4. The highest BCUT2D eigenvalue weighted by Crippen LogP contribution is 2.23. The molecule has 0 spiro atoms. The zero-order valence-corrected chi connectivity index (χ0v) is 16.4. The number of halogens is 3. The van der Waals surface area contributed by atoms with Crippen LogP contribution < -0.4 is 5.56 Å². The van der Waals surface area contributed by atoms with Gasteiger partial charge in [-0.2, -0.15) is 5.10 Å². The summed E-state index contributed by atoms with van der Waals surface area (Å²) in [4.78, 5) is 24.8. The Kier molecular flexibility index (Phi) is 5.22. The molecule has 0 N–H and O–H groups in total. The van der Waals surface area contributed by atoms with Crippen molar-refractivity contribution in [3.63, 3.8) is 0 Å². The zero-order chi connectivity index (χ0) is 19.9. The lowest BCUT2D eigenvalue weighted by molar-refractivity contribution is 0.0965. The summed E-state index contributed by atoms with van der Waals surface area (Å²) in [7, 11) is 0. The Morgan fingerprint density at radius 3 is 2.56 bits per heavy atom. The molecule has 0 saturated heterocycles. The third kappa shape index (κ3) is 3.55. The summed E-state index contributed by atoms with van der Waals surface area (Å²) in [5, 5.41) is 3.70. The van der Waals surface area contributed by atoms with Crippen molar-refractivity contribution in [2.24, 2.45) is 0 Å². The van der Waals surface area contributed by atoms with E-state index in [1.54, 1.807) is 36.6 Å². The number of hydrogen-bond acceptors (Lipinski definition) is 3. The number of carbonyl (C=O) groups excluding carboxylic acids is 1. The van der Waals surface area contributed by atoms with Crippen LogP contribution in [0.3, 0.4) is 0 Å². The van der Waals surface area contributed by atoms with Gasteiger partial charge in [0.25, 0.3) is 5.56 Å². The van der Waals surface area contributed by atoms with Gasteiger partial charge in [-0.1, -0.05) is 29.3 Å². The first-order valence-electron chi connectivity index (χ1n) is 8.10. The van der Waals surface area contributed by atoms with Crippen LogP contribution in [0, 0.1) is 26.6 Å². The largest absolute Gasteiger partial charge is 0.318 e. The van der Waals surface area contributed by atoms with Crippen molar-refractivity contribution < 1.29 is 9.18 Å². The number of aryl methyl sites for hydroxylation is 2. The second kappa shape index (κ2) is 7.29. The summed E-state index contributed by atoms with van der Waals surface area (Å²) >= 11 is 11.6. The predicted molar refractivity (Wildman–Crippen MR) is 103 cm³/mol. The molecule has 0 aliphatic rings. The molecule has 8 heteroatoms. The molecule has 0 bridgehead atoms. The highest BCUT2D eigenvalue weighted by molar-refractivity contribution is 6.41. The number of aromatic nitrogens is 3. The van der Waals surface area contributed by atoms with Gasteiger partial charge in [0.1, 0.15) is 17.4 Å². The molecule has 140 valence electrons. The average Bonchev–Trinajstić information content (AvgIpc) is 2.92. The molecule has 3 rings (SSSR count). The molecule has 0 unspecified atom stereocenters. The van der Waals surface area contributed by atoms with E-state index in [0.717, 1.165) is 10.4 Å². The van der Waals surface area contributed by atoms with Gasteiger partial charge in [0, 0.05) is 22.6 Å². The number of Topliss-reactive ketones (excluding diaryl/α,β-unsaturated/α-hetero) is 1. The van der Waals surface area contributed by atoms with E-state index < -0.39 is 5.56 Å². The minimum atomic E-state index is -0.632. The molecule has 0 radical (unpaired) electrons. The molecule has 2 aromatic heterocycles. The van der Waals surface area contributed by atoms with Crippen molar-refractivity contribution in [1.29, 1.82) is 0 Å². The van der Waals surface area contributed by atoms with Crippen LogP contribution in [0.25, 0.3) is 5.69 Å². The van der Waals surface area contributed by atoms with Crippen molar-refractivity contribution in [3.05, 3.63) is 79.2 Å². The van der Waals surface area contributed by atoms with Crippen molar-refractivity contribution in [2.45, 2.75) is 27.3 Å². The highest BCUT2D eigenvalue weighted by atomic mass is 35.5. The topological polar surface area (TPSA) is 56.9 Å². The Bertz CT molecular complexity index is 1120. The van der Waals surface area contributed by atoms with Crippen LogP contribution in [0.1, 0.15) is 27.3 Å². The molecule has 0 aliphatic carbocycles. The Balaban J connectivity index is 1.99. The molecule has 0 atom stereocenters. The van der Waals surface area contributed by atoms with Crippen LogP contribution in [0.2, 0.25) is 10.0 Å². The van der Waals surface area contributed by atoms with E-state index in [2.05, 4.69) is 5.10 Å². The monoisotopic (exact) mass is 407 g/mol. The number of ketones is 1. The van der Waals surface area contributed by atoms with E-state index in [1.807, 2.05) is 6.92 Å². The fourth-order valence-corrected chi connectivity index (χ4v) is 3.21. The normalized spacial score (nSPS) is 11.0. The van der Waals surface area contributed by atoms with Crippen LogP contribution >= 0.6 is 23.2 Å². The molecule has 2 heterocycles. The van der Waals surface area contributed by atoms with Crippen LogP contribution in [0.4, 0.5) is 4.39 Å². The first kappa shape index (κ1) is 19.3. The molecule has 0 amide bonds. The predicted octanol–water partition coefficient (Wildman–Crippen LogP) is 4.29. The van der Waals surface area contributed by atoms with Crippen molar-refractivity contribution in [3.8, 4) is 5.69 Å². The van der Waals surface area contributed by atoms with Gasteiger partial charge in [0.2, 0.25) is 0 Å². The van der Waals surface area contributed by atoms with Crippen LogP contribution in [0.15, 0.2) is 35.3 Å². The average molecular weight is 408 g/mol. The van der Waals surface area contributed by atoms with Crippen LogP contribution in [-0.2, 0) is 6.54 Å². The van der Waals surface area contributed by atoms with Gasteiger partial charge >= 0.3 is 0 Å². The molecular formula is C19H16Cl2FN3O2. The molecule has 0 saturated carbocycles. The first-order chi connectivity index (χ1) is 12.7. The van der Waals surface area contributed by atoms with Crippen molar-refractivity contribution in [1.82, 2.24) is 14.3 Å². The van der Waals surface area contributed by atoms with Crippen molar-refractivity contribution >= 4 is 29.0 Å². The van der Waals surface area contributed by atoms with E-state index in [0.29, 0.717) is 22.5 Å². The molecule has 5 nitrogen and oxygen atoms in total. The molecule has 3 aromatic rings. The Labute approximate surface area is 165 Å². The summed E-state index contributed by atoms with van der Waals surface area (Å²) in [5.74, 6) is -0.630. The lowest BCUT2D eigenvalue weighted by Crippen LogP contribution is -2.27. The highest BCUT2D eigenvalue weighted by Gasteiger charge is 2.19. The van der Waals surface area contributed by atoms with E-state index in [1.165, 1.54) is 12.3 Å². The van der Waals surface area contributed by atoms with Crippen molar-refractivity contribution in [2.75, 3.05) is 0 Å². The molecule has 0 fully saturated rings. The SMILES string of the molecule is Cc1ccc(-n2c(C)cc(C(=O)Cn3ncc(Cl)c(Cl)c3=O)c2C)cc1F. The van der Waals surface area contributed by atoms with E-state index in [9.17, 15) is 14.0 Å². The van der Waals surface area contributed by atoms with Crippen LogP contribution in [-0.4, -0.2) is 20.1 Å². The standard InChI is InChI=1S/C19H16Cl2FN3O2/c1-10-4-5-13(7-16(10)22)25-11(2)6-14(12(25)3)17(26)9-24-19(27)18(21)15(20)8-23-24/h4-8H,9H2,1-3H3. The Morgan fingerprint density at radius 1 is 1.19 bits per heavy atom. The van der Waals surface area contributed by atoms with Gasteiger partial charge in [-0.25, -0.2) is 9.07 Å². The molecule has 1 aromatic carbocycles. The quantitative estimate of drug-likeness (QED) is 0.606. The Morgan fingerprint density at radius 2 is 1.89 bits per heavy atom. The lowest BCUT2D eigenvalue weighted by Gasteiger charge is -2.11. The number of benzene rings is 1. The summed E-state index contributed by atoms with van der Waals surface area (Å²) in [6.07, 6.45) is 1.22. The molecule has 27 heavy (non-hydrogen) atoms. The maximum Gasteiger partial charge on any atom is 0.287 e. The second-order valence-electron chi connectivity index (χ2n) is 6.25.